The maximum Gasteiger partial charge on any atom is 0.387 e. The Balaban J connectivity index is 2.03. The average molecular weight is 348 g/mol. The molecule has 1 amide bonds. The summed E-state index contributed by atoms with van der Waals surface area (Å²) in [5.74, 6) is -0.502. The molecule has 1 aliphatic rings. The van der Waals surface area contributed by atoms with Gasteiger partial charge in [-0.05, 0) is 37.5 Å². The standard InChI is InChI=1S/C18H18F2N2O3/c1-11(23)13-9-14(21(2)10-13)17(24)22-8-4-6-12-5-3-7-15(16(12)22)25-18(19)20/h3,5,7,9-10,18H,4,6,8H2,1-2H3. The molecule has 0 radical (unpaired) electrons. The number of benzene rings is 1. The van der Waals surface area contributed by atoms with Gasteiger partial charge in [0.2, 0.25) is 0 Å². The van der Waals surface area contributed by atoms with Crippen LogP contribution >= 0.6 is 0 Å². The van der Waals surface area contributed by atoms with Gasteiger partial charge < -0.3 is 14.2 Å². The van der Waals surface area contributed by atoms with Gasteiger partial charge in [0.05, 0.1) is 5.69 Å². The van der Waals surface area contributed by atoms with Crippen molar-refractivity contribution in [3.8, 4) is 5.75 Å². The number of para-hydroxylation sites is 1. The molecular formula is C18H18F2N2O3. The fraction of sp³-hybridized carbons (Fsp3) is 0.333. The van der Waals surface area contributed by atoms with Crippen molar-refractivity contribution in [2.75, 3.05) is 11.4 Å². The molecule has 0 N–H and O–H groups in total. The van der Waals surface area contributed by atoms with Crippen LogP contribution in [0.3, 0.4) is 0 Å². The molecule has 0 spiro atoms. The van der Waals surface area contributed by atoms with E-state index in [9.17, 15) is 18.4 Å². The Bertz CT molecular complexity index is 830. The third-order valence-electron chi connectivity index (χ3n) is 4.27. The number of nitrogens with zero attached hydrogens (tertiary/aromatic N) is 2. The molecule has 0 aliphatic carbocycles. The van der Waals surface area contributed by atoms with Crippen LogP contribution in [0.5, 0.6) is 5.75 Å². The number of fused-ring (bicyclic) bond motifs is 1. The number of hydrogen-bond donors (Lipinski definition) is 0. The van der Waals surface area contributed by atoms with Gasteiger partial charge in [-0.15, -0.1) is 0 Å². The maximum atomic E-state index is 13.0. The summed E-state index contributed by atoms with van der Waals surface area (Å²) < 4.78 is 31.6. The number of hydrogen-bond acceptors (Lipinski definition) is 3. The average Bonchev–Trinajstić information content (AvgIpc) is 2.95. The minimum atomic E-state index is -2.97. The van der Waals surface area contributed by atoms with Crippen LogP contribution in [0.25, 0.3) is 0 Å². The van der Waals surface area contributed by atoms with Crippen molar-refractivity contribution in [3.63, 3.8) is 0 Å². The van der Waals surface area contributed by atoms with Crippen LogP contribution in [-0.4, -0.2) is 29.4 Å². The molecule has 0 atom stereocenters. The van der Waals surface area contributed by atoms with E-state index in [1.807, 2.05) is 0 Å². The van der Waals surface area contributed by atoms with Crippen LogP contribution in [0, 0.1) is 0 Å². The number of halogens is 2. The van der Waals surface area contributed by atoms with Crippen molar-refractivity contribution in [2.45, 2.75) is 26.4 Å². The highest BCUT2D eigenvalue weighted by atomic mass is 19.3. The van der Waals surface area contributed by atoms with E-state index in [4.69, 9.17) is 0 Å². The lowest BCUT2D eigenvalue weighted by Gasteiger charge is -2.31. The van der Waals surface area contributed by atoms with E-state index in [0.29, 0.717) is 29.9 Å². The van der Waals surface area contributed by atoms with Crippen LogP contribution in [-0.2, 0) is 13.5 Å². The summed E-state index contributed by atoms with van der Waals surface area (Å²) in [6.07, 6.45) is 2.99. The number of ether oxygens (including phenoxy) is 1. The summed E-state index contributed by atoms with van der Waals surface area (Å²) in [5, 5.41) is 0. The second-order valence-corrected chi connectivity index (χ2v) is 5.98. The molecule has 5 nitrogen and oxygen atoms in total. The predicted molar refractivity (Wildman–Crippen MR) is 88.5 cm³/mol. The molecule has 0 fully saturated rings. The predicted octanol–water partition coefficient (Wildman–Crippen LogP) is 3.42. The fourth-order valence-electron chi connectivity index (χ4n) is 3.12. The van der Waals surface area contributed by atoms with Gasteiger partial charge in [-0.25, -0.2) is 0 Å². The van der Waals surface area contributed by atoms with Gasteiger partial charge in [-0.2, -0.15) is 8.78 Å². The Morgan fingerprint density at radius 1 is 1.28 bits per heavy atom. The molecule has 25 heavy (non-hydrogen) atoms. The molecule has 3 rings (SSSR count). The van der Waals surface area contributed by atoms with Crippen LogP contribution in [0.2, 0.25) is 0 Å². The number of anilines is 1. The molecule has 0 unspecified atom stereocenters. The first kappa shape index (κ1) is 17.1. The van der Waals surface area contributed by atoms with E-state index in [2.05, 4.69) is 4.74 Å². The maximum absolute atomic E-state index is 13.0. The van der Waals surface area contributed by atoms with Crippen LogP contribution in [0.15, 0.2) is 30.5 Å². The second-order valence-electron chi connectivity index (χ2n) is 5.98. The molecule has 1 aromatic heterocycles. The third-order valence-corrected chi connectivity index (χ3v) is 4.27. The summed E-state index contributed by atoms with van der Waals surface area (Å²) in [6.45, 7) is -1.14. The van der Waals surface area contributed by atoms with E-state index in [0.717, 1.165) is 12.0 Å². The first-order valence-corrected chi connectivity index (χ1v) is 7.94. The number of rotatable bonds is 4. The zero-order valence-corrected chi connectivity index (χ0v) is 14.0. The van der Waals surface area contributed by atoms with Gasteiger partial charge >= 0.3 is 6.61 Å². The summed E-state index contributed by atoms with van der Waals surface area (Å²) >= 11 is 0. The van der Waals surface area contributed by atoms with E-state index >= 15 is 0 Å². The van der Waals surface area contributed by atoms with Crippen molar-refractivity contribution in [2.24, 2.45) is 7.05 Å². The minimum Gasteiger partial charge on any atom is -0.433 e. The van der Waals surface area contributed by atoms with Crippen LogP contribution in [0.1, 0.15) is 39.8 Å². The van der Waals surface area contributed by atoms with E-state index in [1.54, 1.807) is 29.9 Å². The lowest BCUT2D eigenvalue weighted by atomic mass is 10.0. The van der Waals surface area contributed by atoms with E-state index in [1.165, 1.54) is 24.0 Å². The SMILES string of the molecule is CC(=O)c1cc(C(=O)N2CCCc3cccc(OC(F)F)c32)n(C)c1. The summed E-state index contributed by atoms with van der Waals surface area (Å²) in [7, 11) is 1.67. The van der Waals surface area contributed by atoms with Crippen molar-refractivity contribution in [3.05, 3.63) is 47.3 Å². The number of amides is 1. The minimum absolute atomic E-state index is 0.0125. The Morgan fingerprint density at radius 2 is 2.04 bits per heavy atom. The number of aryl methyl sites for hydroxylation is 2. The zero-order valence-electron chi connectivity index (χ0n) is 14.0. The van der Waals surface area contributed by atoms with Gasteiger partial charge in [-0.1, -0.05) is 12.1 Å². The van der Waals surface area contributed by atoms with Gasteiger partial charge in [0, 0.05) is 25.4 Å². The van der Waals surface area contributed by atoms with E-state index in [-0.39, 0.29) is 17.4 Å². The Kier molecular flexibility index (Phi) is 4.57. The van der Waals surface area contributed by atoms with Gasteiger partial charge in [-0.3, -0.25) is 9.59 Å². The number of carbonyl (C=O) groups excluding carboxylic acids is 2. The fourth-order valence-corrected chi connectivity index (χ4v) is 3.12. The van der Waals surface area contributed by atoms with Crippen LogP contribution in [0.4, 0.5) is 14.5 Å². The van der Waals surface area contributed by atoms with Crippen molar-refractivity contribution < 1.29 is 23.1 Å². The first-order valence-electron chi connectivity index (χ1n) is 7.94. The molecule has 1 aromatic carbocycles. The Hall–Kier alpha value is -2.70. The molecule has 2 heterocycles. The normalized spacial score (nSPS) is 13.7. The highest BCUT2D eigenvalue weighted by Crippen LogP contribution is 2.38. The highest BCUT2D eigenvalue weighted by molar-refractivity contribution is 6.08. The Morgan fingerprint density at radius 3 is 2.68 bits per heavy atom. The van der Waals surface area contributed by atoms with Gasteiger partial charge in [0.1, 0.15) is 11.4 Å². The van der Waals surface area contributed by atoms with Gasteiger partial charge in [0.15, 0.2) is 5.78 Å². The highest BCUT2D eigenvalue weighted by Gasteiger charge is 2.29. The van der Waals surface area contributed by atoms with Crippen LogP contribution < -0.4 is 9.64 Å². The summed E-state index contributed by atoms with van der Waals surface area (Å²) in [5.41, 5.74) is 1.92. The molecule has 1 aliphatic heterocycles. The molecule has 132 valence electrons. The molecule has 7 heteroatoms. The molecular weight excluding hydrogens is 330 g/mol. The Labute approximate surface area is 143 Å². The largest absolute Gasteiger partial charge is 0.433 e. The van der Waals surface area contributed by atoms with Crippen molar-refractivity contribution >= 4 is 17.4 Å². The molecule has 2 aromatic rings. The summed E-state index contributed by atoms with van der Waals surface area (Å²) in [4.78, 5) is 26.0. The summed E-state index contributed by atoms with van der Waals surface area (Å²) in [6, 6.07) is 6.40. The molecule has 0 saturated heterocycles. The van der Waals surface area contributed by atoms with Gasteiger partial charge in [0.25, 0.3) is 5.91 Å². The van der Waals surface area contributed by atoms with E-state index < -0.39 is 6.61 Å². The number of carbonyl (C=O) groups is 2. The number of ketones is 1. The van der Waals surface area contributed by atoms with Crippen molar-refractivity contribution in [1.82, 2.24) is 4.57 Å². The lowest BCUT2D eigenvalue weighted by molar-refractivity contribution is -0.0495. The topological polar surface area (TPSA) is 51.5 Å². The smallest absolute Gasteiger partial charge is 0.387 e. The monoisotopic (exact) mass is 348 g/mol. The molecule has 0 saturated carbocycles. The first-order chi connectivity index (χ1) is 11.9. The number of alkyl halides is 2. The second kappa shape index (κ2) is 6.66. The quantitative estimate of drug-likeness (QED) is 0.796. The number of Topliss-reactive ketones (excluding diaryl/α,β-unsaturated/α-hetero) is 1. The lowest BCUT2D eigenvalue weighted by Crippen LogP contribution is -2.37. The molecule has 0 bridgehead atoms. The third kappa shape index (κ3) is 3.26. The number of aromatic nitrogens is 1. The zero-order chi connectivity index (χ0) is 18.1. The van der Waals surface area contributed by atoms with Crippen molar-refractivity contribution in [1.29, 1.82) is 0 Å².